The summed E-state index contributed by atoms with van der Waals surface area (Å²) in [4.78, 5) is 2.58. The fraction of sp³-hybridized carbons (Fsp3) is 1.00. The summed E-state index contributed by atoms with van der Waals surface area (Å²) in [6, 6.07) is 0.281. The summed E-state index contributed by atoms with van der Waals surface area (Å²) in [6.07, 6.45) is 2.71. The first-order valence-corrected chi connectivity index (χ1v) is 5.93. The predicted octanol–water partition coefficient (Wildman–Crippen LogP) is 2.09. The van der Waals surface area contributed by atoms with Crippen LogP contribution in [-0.4, -0.2) is 30.6 Å². The van der Waals surface area contributed by atoms with Crippen LogP contribution in [0, 0.1) is 11.3 Å². The van der Waals surface area contributed by atoms with Gasteiger partial charge >= 0.3 is 0 Å². The number of nitrogens with two attached hydrogens (primary N) is 1. The average molecular weight is 198 g/mol. The van der Waals surface area contributed by atoms with Crippen molar-refractivity contribution in [2.45, 2.75) is 46.6 Å². The lowest BCUT2D eigenvalue weighted by Gasteiger charge is -2.33. The number of hydrogen-bond acceptors (Lipinski definition) is 2. The lowest BCUT2D eigenvalue weighted by Crippen LogP contribution is -2.43. The Morgan fingerprint density at radius 1 is 1.50 bits per heavy atom. The smallest absolute Gasteiger partial charge is 0.00739 e. The van der Waals surface area contributed by atoms with Crippen LogP contribution in [0.25, 0.3) is 0 Å². The van der Waals surface area contributed by atoms with Crippen molar-refractivity contribution in [3.8, 4) is 0 Å². The van der Waals surface area contributed by atoms with Crippen LogP contribution in [0.3, 0.4) is 0 Å². The molecule has 0 aromatic rings. The van der Waals surface area contributed by atoms with Crippen LogP contribution in [-0.2, 0) is 0 Å². The predicted molar refractivity (Wildman–Crippen MR) is 62.3 cm³/mol. The molecule has 0 saturated carbocycles. The molecule has 0 aromatic carbocycles. The summed E-state index contributed by atoms with van der Waals surface area (Å²) in [7, 11) is 0. The molecule has 1 fully saturated rings. The first kappa shape index (κ1) is 12.0. The molecule has 2 N–H and O–H groups in total. The fourth-order valence-corrected chi connectivity index (χ4v) is 2.11. The van der Waals surface area contributed by atoms with Crippen molar-refractivity contribution in [1.29, 1.82) is 0 Å². The highest BCUT2D eigenvalue weighted by atomic mass is 15.2. The maximum Gasteiger partial charge on any atom is 0.00739 e. The number of nitrogens with zero attached hydrogens (tertiary/aromatic N) is 1. The SMILES string of the molecule is CCC1CCN(CC(C)(C)C(C)N)C1. The maximum atomic E-state index is 5.99. The highest BCUT2D eigenvalue weighted by molar-refractivity contribution is 4.84. The Kier molecular flexibility index (Phi) is 3.96. The number of likely N-dealkylation sites (tertiary alicyclic amines) is 1. The molecule has 2 heteroatoms. The molecule has 84 valence electrons. The van der Waals surface area contributed by atoms with E-state index < -0.39 is 0 Å². The van der Waals surface area contributed by atoms with E-state index in [1.165, 1.54) is 25.9 Å². The van der Waals surface area contributed by atoms with E-state index in [0.29, 0.717) is 0 Å². The van der Waals surface area contributed by atoms with Gasteiger partial charge in [0.25, 0.3) is 0 Å². The average Bonchev–Trinajstić information content (AvgIpc) is 2.51. The van der Waals surface area contributed by atoms with Crippen molar-refractivity contribution in [2.24, 2.45) is 17.1 Å². The molecular formula is C12H26N2. The molecule has 2 nitrogen and oxygen atoms in total. The van der Waals surface area contributed by atoms with Gasteiger partial charge in [0.15, 0.2) is 0 Å². The van der Waals surface area contributed by atoms with Crippen molar-refractivity contribution in [2.75, 3.05) is 19.6 Å². The Labute approximate surface area is 88.8 Å². The van der Waals surface area contributed by atoms with Crippen molar-refractivity contribution in [3.05, 3.63) is 0 Å². The lowest BCUT2D eigenvalue weighted by atomic mass is 9.85. The van der Waals surface area contributed by atoms with Gasteiger partial charge in [-0.1, -0.05) is 27.2 Å². The zero-order chi connectivity index (χ0) is 10.8. The minimum Gasteiger partial charge on any atom is -0.327 e. The van der Waals surface area contributed by atoms with E-state index >= 15 is 0 Å². The van der Waals surface area contributed by atoms with Crippen LogP contribution in [0.2, 0.25) is 0 Å². The molecular weight excluding hydrogens is 172 g/mol. The van der Waals surface area contributed by atoms with E-state index in [9.17, 15) is 0 Å². The molecule has 1 aliphatic rings. The van der Waals surface area contributed by atoms with E-state index in [-0.39, 0.29) is 11.5 Å². The Morgan fingerprint density at radius 2 is 2.14 bits per heavy atom. The first-order chi connectivity index (χ1) is 6.45. The van der Waals surface area contributed by atoms with E-state index in [0.717, 1.165) is 12.5 Å². The van der Waals surface area contributed by atoms with Gasteiger partial charge in [-0.05, 0) is 31.2 Å². The normalized spacial score (nSPS) is 26.8. The molecule has 0 aliphatic carbocycles. The largest absolute Gasteiger partial charge is 0.327 e. The zero-order valence-electron chi connectivity index (χ0n) is 10.2. The van der Waals surface area contributed by atoms with Crippen molar-refractivity contribution in [3.63, 3.8) is 0 Å². The monoisotopic (exact) mass is 198 g/mol. The Morgan fingerprint density at radius 3 is 2.57 bits per heavy atom. The fourth-order valence-electron chi connectivity index (χ4n) is 2.11. The summed E-state index contributed by atoms with van der Waals surface area (Å²) in [5.74, 6) is 0.930. The van der Waals surface area contributed by atoms with E-state index in [1.807, 2.05) is 0 Å². The Hall–Kier alpha value is -0.0800. The van der Waals surface area contributed by atoms with Crippen LogP contribution in [0.5, 0.6) is 0 Å². The quantitative estimate of drug-likeness (QED) is 0.749. The molecule has 0 bridgehead atoms. The molecule has 0 aromatic heterocycles. The third-order valence-electron chi connectivity index (χ3n) is 3.81. The second-order valence-corrected chi connectivity index (χ2v) is 5.58. The number of rotatable bonds is 4. The van der Waals surface area contributed by atoms with Crippen molar-refractivity contribution < 1.29 is 0 Å². The summed E-state index contributed by atoms with van der Waals surface area (Å²) in [5.41, 5.74) is 6.24. The van der Waals surface area contributed by atoms with Crippen LogP contribution in [0.4, 0.5) is 0 Å². The lowest BCUT2D eigenvalue weighted by molar-refractivity contribution is 0.178. The molecule has 1 aliphatic heterocycles. The Bertz CT molecular complexity index is 175. The Balaban J connectivity index is 2.39. The van der Waals surface area contributed by atoms with Crippen LogP contribution >= 0.6 is 0 Å². The highest BCUT2D eigenvalue weighted by Gasteiger charge is 2.29. The van der Waals surface area contributed by atoms with Crippen LogP contribution in [0.15, 0.2) is 0 Å². The van der Waals surface area contributed by atoms with Crippen molar-refractivity contribution in [1.82, 2.24) is 4.90 Å². The van der Waals surface area contributed by atoms with Crippen molar-refractivity contribution >= 4 is 0 Å². The molecule has 1 saturated heterocycles. The van der Waals surface area contributed by atoms with Gasteiger partial charge < -0.3 is 10.6 Å². The third kappa shape index (κ3) is 2.96. The van der Waals surface area contributed by atoms with Gasteiger partial charge in [-0.15, -0.1) is 0 Å². The van der Waals surface area contributed by atoms with Gasteiger partial charge in [0.1, 0.15) is 0 Å². The summed E-state index contributed by atoms with van der Waals surface area (Å²) in [5, 5.41) is 0. The second-order valence-electron chi connectivity index (χ2n) is 5.58. The van der Waals surface area contributed by atoms with Crippen LogP contribution in [0.1, 0.15) is 40.5 Å². The van der Waals surface area contributed by atoms with Crippen LogP contribution < -0.4 is 5.73 Å². The summed E-state index contributed by atoms with van der Waals surface area (Å²) >= 11 is 0. The minimum absolute atomic E-state index is 0.253. The summed E-state index contributed by atoms with van der Waals surface area (Å²) in [6.45, 7) is 12.7. The second kappa shape index (κ2) is 4.63. The topological polar surface area (TPSA) is 29.3 Å². The molecule has 1 rings (SSSR count). The molecule has 0 amide bonds. The van der Waals surface area contributed by atoms with Gasteiger partial charge in [-0.3, -0.25) is 0 Å². The van der Waals surface area contributed by atoms with E-state index in [4.69, 9.17) is 5.73 Å². The first-order valence-electron chi connectivity index (χ1n) is 5.93. The zero-order valence-corrected chi connectivity index (χ0v) is 10.2. The third-order valence-corrected chi connectivity index (χ3v) is 3.81. The maximum absolute atomic E-state index is 5.99. The van der Waals surface area contributed by atoms with Gasteiger partial charge in [0.2, 0.25) is 0 Å². The van der Waals surface area contributed by atoms with Gasteiger partial charge in [-0.25, -0.2) is 0 Å². The van der Waals surface area contributed by atoms with Gasteiger partial charge in [0, 0.05) is 19.1 Å². The molecule has 0 spiro atoms. The van der Waals surface area contributed by atoms with E-state index in [2.05, 4.69) is 32.6 Å². The molecule has 2 atom stereocenters. The molecule has 2 unspecified atom stereocenters. The molecule has 0 radical (unpaired) electrons. The summed E-state index contributed by atoms with van der Waals surface area (Å²) < 4.78 is 0. The molecule has 14 heavy (non-hydrogen) atoms. The van der Waals surface area contributed by atoms with E-state index in [1.54, 1.807) is 0 Å². The van der Waals surface area contributed by atoms with Gasteiger partial charge in [-0.2, -0.15) is 0 Å². The molecule has 1 heterocycles. The minimum atomic E-state index is 0.253. The number of hydrogen-bond donors (Lipinski definition) is 1. The highest BCUT2D eigenvalue weighted by Crippen LogP contribution is 2.26. The van der Waals surface area contributed by atoms with Gasteiger partial charge in [0.05, 0.1) is 0 Å². The standard InChI is InChI=1S/C12H26N2/c1-5-11-6-7-14(8-11)9-12(3,4)10(2)13/h10-11H,5-9,13H2,1-4H3.